The highest BCUT2D eigenvalue weighted by molar-refractivity contribution is 6.05. The lowest BCUT2D eigenvalue weighted by Gasteiger charge is -2.05. The van der Waals surface area contributed by atoms with Crippen LogP contribution < -0.4 is 5.32 Å². The zero-order valence-electron chi connectivity index (χ0n) is 13.6. The minimum atomic E-state index is -0.187. The molecule has 0 radical (unpaired) electrons. The van der Waals surface area contributed by atoms with E-state index in [1.807, 2.05) is 43.3 Å². The zero-order chi connectivity index (χ0) is 17.2. The summed E-state index contributed by atoms with van der Waals surface area (Å²) in [5.41, 5.74) is 4.54. The number of anilines is 1. The number of nitrogens with zero attached hydrogens (tertiary/aromatic N) is 2. The van der Waals surface area contributed by atoms with Crippen molar-refractivity contribution in [3.63, 3.8) is 0 Å². The quantitative estimate of drug-likeness (QED) is 0.603. The Labute approximate surface area is 144 Å². The van der Waals surface area contributed by atoms with E-state index >= 15 is 0 Å². The fraction of sp³-hybridized carbons (Fsp3) is 0.0500. The van der Waals surface area contributed by atoms with Gasteiger partial charge in [-0.3, -0.25) is 9.78 Å². The van der Waals surface area contributed by atoms with Crippen molar-refractivity contribution in [1.82, 2.24) is 9.97 Å². The van der Waals surface area contributed by atoms with E-state index in [-0.39, 0.29) is 5.91 Å². The summed E-state index contributed by atoms with van der Waals surface area (Å²) in [5.74, 6) is 0.320. The molecule has 4 aromatic rings. The Morgan fingerprint density at radius 2 is 1.76 bits per heavy atom. The molecule has 0 aliphatic rings. The molecule has 0 fully saturated rings. The molecule has 0 bridgehead atoms. The number of carbonyl (C=O) groups is 1. The number of hydrogen-bond donors (Lipinski definition) is 1. The summed E-state index contributed by atoms with van der Waals surface area (Å²) < 4.78 is 5.79. The first-order chi connectivity index (χ1) is 12.2. The molecule has 0 aliphatic heterocycles. The van der Waals surface area contributed by atoms with Crippen LogP contribution in [0.25, 0.3) is 22.6 Å². The van der Waals surface area contributed by atoms with Crippen LogP contribution in [-0.4, -0.2) is 15.9 Å². The minimum Gasteiger partial charge on any atom is -0.436 e. The average Bonchev–Trinajstić information content (AvgIpc) is 3.07. The van der Waals surface area contributed by atoms with Crippen molar-refractivity contribution in [3.05, 3.63) is 78.1 Å². The Balaban J connectivity index is 1.62. The van der Waals surface area contributed by atoms with Gasteiger partial charge >= 0.3 is 0 Å². The number of pyridine rings is 1. The molecule has 0 saturated heterocycles. The summed E-state index contributed by atoms with van der Waals surface area (Å²) in [6.45, 7) is 2.00. The maximum atomic E-state index is 12.4. The van der Waals surface area contributed by atoms with Gasteiger partial charge in [0.05, 0.1) is 0 Å². The molecule has 1 N–H and O–H groups in total. The van der Waals surface area contributed by atoms with Crippen molar-refractivity contribution in [2.45, 2.75) is 6.92 Å². The molecule has 1 amide bonds. The molecule has 0 atom stereocenters. The normalized spacial score (nSPS) is 10.8. The summed E-state index contributed by atoms with van der Waals surface area (Å²) in [7, 11) is 0. The Hall–Kier alpha value is -3.47. The van der Waals surface area contributed by atoms with Crippen LogP contribution in [0.1, 0.15) is 15.9 Å². The van der Waals surface area contributed by atoms with E-state index < -0.39 is 0 Å². The van der Waals surface area contributed by atoms with E-state index in [2.05, 4.69) is 15.3 Å². The number of hydrogen-bond acceptors (Lipinski definition) is 4. The molecule has 2 aromatic heterocycles. The molecule has 5 heteroatoms. The van der Waals surface area contributed by atoms with Crippen molar-refractivity contribution >= 4 is 22.7 Å². The van der Waals surface area contributed by atoms with Crippen LogP contribution in [0, 0.1) is 6.92 Å². The Morgan fingerprint density at radius 3 is 2.52 bits per heavy atom. The van der Waals surface area contributed by atoms with E-state index in [9.17, 15) is 4.79 Å². The highest BCUT2D eigenvalue weighted by atomic mass is 16.3. The van der Waals surface area contributed by atoms with Gasteiger partial charge in [-0.25, -0.2) is 4.98 Å². The van der Waals surface area contributed by atoms with Crippen LogP contribution >= 0.6 is 0 Å². The number of fused-ring (bicyclic) bond motifs is 1. The number of aryl methyl sites for hydroxylation is 1. The molecule has 2 heterocycles. The monoisotopic (exact) mass is 329 g/mol. The molecule has 4 rings (SSSR count). The lowest BCUT2D eigenvalue weighted by Crippen LogP contribution is -2.11. The van der Waals surface area contributed by atoms with E-state index in [4.69, 9.17) is 4.42 Å². The number of rotatable bonds is 3. The maximum absolute atomic E-state index is 12.4. The number of oxazole rings is 1. The van der Waals surface area contributed by atoms with Crippen LogP contribution in [0.3, 0.4) is 0 Å². The fourth-order valence-electron chi connectivity index (χ4n) is 2.52. The molecule has 0 spiro atoms. The fourth-order valence-corrected chi connectivity index (χ4v) is 2.52. The van der Waals surface area contributed by atoms with Gasteiger partial charge in [0.1, 0.15) is 5.52 Å². The Morgan fingerprint density at radius 1 is 1.00 bits per heavy atom. The molecule has 5 nitrogen and oxygen atoms in total. The summed E-state index contributed by atoms with van der Waals surface area (Å²) in [6, 6.07) is 16.6. The molecule has 25 heavy (non-hydrogen) atoms. The summed E-state index contributed by atoms with van der Waals surface area (Å²) in [5, 5.41) is 2.88. The van der Waals surface area contributed by atoms with Gasteiger partial charge in [0, 0.05) is 29.2 Å². The van der Waals surface area contributed by atoms with Gasteiger partial charge in [-0.05, 0) is 49.4 Å². The largest absolute Gasteiger partial charge is 0.436 e. The van der Waals surface area contributed by atoms with Crippen LogP contribution in [0.2, 0.25) is 0 Å². The molecular weight excluding hydrogens is 314 g/mol. The maximum Gasteiger partial charge on any atom is 0.255 e. The average molecular weight is 329 g/mol. The molecule has 0 saturated carbocycles. The second-order valence-electron chi connectivity index (χ2n) is 5.76. The predicted octanol–water partition coefficient (Wildman–Crippen LogP) is 4.45. The smallest absolute Gasteiger partial charge is 0.255 e. The standard InChI is InChI=1S/C20H15N3O2/c1-13-2-5-16(6-3-13)22-19(24)15-4-7-17-18(12-15)25-20(23-17)14-8-10-21-11-9-14/h2-12H,1H3,(H,22,24). The van der Waals surface area contributed by atoms with Gasteiger partial charge in [-0.1, -0.05) is 17.7 Å². The van der Waals surface area contributed by atoms with E-state index in [0.717, 1.165) is 16.8 Å². The summed E-state index contributed by atoms with van der Waals surface area (Å²) >= 11 is 0. The van der Waals surface area contributed by atoms with Crippen molar-refractivity contribution in [1.29, 1.82) is 0 Å². The predicted molar refractivity (Wildman–Crippen MR) is 96.4 cm³/mol. The molecular formula is C20H15N3O2. The van der Waals surface area contributed by atoms with Crippen LogP contribution in [0.5, 0.6) is 0 Å². The number of aromatic nitrogens is 2. The van der Waals surface area contributed by atoms with E-state index in [1.165, 1.54) is 0 Å². The first kappa shape index (κ1) is 15.1. The SMILES string of the molecule is Cc1ccc(NC(=O)c2ccc3nc(-c4ccncc4)oc3c2)cc1. The summed E-state index contributed by atoms with van der Waals surface area (Å²) in [6.07, 6.45) is 3.37. The van der Waals surface area contributed by atoms with Crippen LogP contribution in [-0.2, 0) is 0 Å². The van der Waals surface area contributed by atoms with Crippen molar-refractivity contribution in [2.24, 2.45) is 0 Å². The number of carbonyl (C=O) groups excluding carboxylic acids is 1. The van der Waals surface area contributed by atoms with Gasteiger partial charge in [0.15, 0.2) is 5.58 Å². The molecule has 2 aromatic carbocycles. The van der Waals surface area contributed by atoms with Crippen molar-refractivity contribution in [2.75, 3.05) is 5.32 Å². The molecule has 0 aliphatic carbocycles. The number of nitrogens with one attached hydrogen (secondary N) is 1. The van der Waals surface area contributed by atoms with Gasteiger partial charge < -0.3 is 9.73 Å². The van der Waals surface area contributed by atoms with Gasteiger partial charge in [-0.15, -0.1) is 0 Å². The summed E-state index contributed by atoms with van der Waals surface area (Å²) in [4.78, 5) is 20.9. The molecule has 0 unspecified atom stereocenters. The first-order valence-electron chi connectivity index (χ1n) is 7.88. The van der Waals surface area contributed by atoms with Crippen molar-refractivity contribution in [3.8, 4) is 11.5 Å². The highest BCUT2D eigenvalue weighted by Crippen LogP contribution is 2.24. The van der Waals surface area contributed by atoms with Gasteiger partial charge in [0.25, 0.3) is 5.91 Å². The number of amides is 1. The lowest BCUT2D eigenvalue weighted by atomic mass is 10.2. The third kappa shape index (κ3) is 3.12. The Kier molecular flexibility index (Phi) is 3.74. The highest BCUT2D eigenvalue weighted by Gasteiger charge is 2.12. The van der Waals surface area contributed by atoms with Crippen LogP contribution in [0.4, 0.5) is 5.69 Å². The van der Waals surface area contributed by atoms with Crippen molar-refractivity contribution < 1.29 is 9.21 Å². The first-order valence-corrected chi connectivity index (χ1v) is 7.88. The second-order valence-corrected chi connectivity index (χ2v) is 5.76. The second kappa shape index (κ2) is 6.20. The minimum absolute atomic E-state index is 0.187. The third-order valence-electron chi connectivity index (χ3n) is 3.89. The number of benzene rings is 2. The van der Waals surface area contributed by atoms with E-state index in [1.54, 1.807) is 30.6 Å². The topological polar surface area (TPSA) is 68.0 Å². The van der Waals surface area contributed by atoms with Crippen LogP contribution in [0.15, 0.2) is 71.4 Å². The van der Waals surface area contributed by atoms with Gasteiger partial charge in [-0.2, -0.15) is 0 Å². The van der Waals surface area contributed by atoms with Gasteiger partial charge in [0.2, 0.25) is 5.89 Å². The molecule has 122 valence electrons. The van der Waals surface area contributed by atoms with E-state index in [0.29, 0.717) is 22.6 Å². The third-order valence-corrected chi connectivity index (χ3v) is 3.89. The Bertz CT molecular complexity index is 1040. The lowest BCUT2D eigenvalue weighted by molar-refractivity contribution is 0.102. The zero-order valence-corrected chi connectivity index (χ0v) is 13.6.